The lowest BCUT2D eigenvalue weighted by Crippen LogP contribution is -2.03. The van der Waals surface area contributed by atoms with Crippen molar-refractivity contribution >= 4 is 44.2 Å². The van der Waals surface area contributed by atoms with Gasteiger partial charge in [0.05, 0.1) is 5.75 Å². The zero-order valence-corrected chi connectivity index (χ0v) is 13.7. The van der Waals surface area contributed by atoms with E-state index in [1.54, 1.807) is 11.8 Å². The van der Waals surface area contributed by atoms with Gasteiger partial charge in [0.1, 0.15) is 0 Å². The maximum Gasteiger partial charge on any atom is 0.174 e. The van der Waals surface area contributed by atoms with Crippen molar-refractivity contribution in [2.75, 3.05) is 5.75 Å². The second kappa shape index (κ2) is 6.46. The van der Waals surface area contributed by atoms with E-state index in [0.717, 1.165) is 14.9 Å². The molecule has 0 aliphatic rings. The molecule has 0 N–H and O–H groups in total. The topological polar surface area (TPSA) is 17.1 Å². The van der Waals surface area contributed by atoms with Gasteiger partial charge in [0, 0.05) is 14.9 Å². The van der Waals surface area contributed by atoms with E-state index in [2.05, 4.69) is 46.3 Å². The summed E-state index contributed by atoms with van der Waals surface area (Å²) in [5, 5.41) is 2.43. The summed E-state index contributed by atoms with van der Waals surface area (Å²) in [6.45, 7) is 0. The standard InChI is InChI=1S/C18H13BrOS/c19-17-8-4-3-7-16(17)18(20)12-21-15-10-9-13-5-1-2-6-14(13)11-15/h1-11H,12H2. The Hall–Kier alpha value is -1.58. The molecule has 104 valence electrons. The summed E-state index contributed by atoms with van der Waals surface area (Å²) >= 11 is 5.00. The first-order valence-corrected chi connectivity index (χ1v) is 8.41. The van der Waals surface area contributed by atoms with Crippen LogP contribution in [-0.4, -0.2) is 11.5 Å². The van der Waals surface area contributed by atoms with E-state index in [9.17, 15) is 4.79 Å². The second-order valence-corrected chi connectivity index (χ2v) is 6.60. The Kier molecular flexibility index (Phi) is 4.42. The Balaban J connectivity index is 1.74. The first-order valence-electron chi connectivity index (χ1n) is 6.63. The Morgan fingerprint density at radius 3 is 2.43 bits per heavy atom. The van der Waals surface area contributed by atoms with Crippen LogP contribution in [0.15, 0.2) is 76.1 Å². The third-order valence-corrected chi connectivity index (χ3v) is 4.95. The Bertz CT molecular complexity index is 798. The third kappa shape index (κ3) is 3.36. The molecule has 0 atom stereocenters. The minimum atomic E-state index is 0.139. The summed E-state index contributed by atoms with van der Waals surface area (Å²) in [6, 6.07) is 22.1. The van der Waals surface area contributed by atoms with Crippen LogP contribution in [0.4, 0.5) is 0 Å². The molecule has 0 aliphatic heterocycles. The maximum atomic E-state index is 12.3. The minimum Gasteiger partial charge on any atom is -0.293 e. The number of ketones is 1. The lowest BCUT2D eigenvalue weighted by molar-refractivity contribution is 0.102. The van der Waals surface area contributed by atoms with Crippen molar-refractivity contribution in [3.63, 3.8) is 0 Å². The van der Waals surface area contributed by atoms with Crippen molar-refractivity contribution in [3.8, 4) is 0 Å². The quantitative estimate of drug-likeness (QED) is 0.448. The first kappa shape index (κ1) is 14.4. The van der Waals surface area contributed by atoms with E-state index in [4.69, 9.17) is 0 Å². The van der Waals surface area contributed by atoms with Crippen LogP contribution < -0.4 is 0 Å². The van der Waals surface area contributed by atoms with E-state index in [1.807, 2.05) is 36.4 Å². The van der Waals surface area contributed by atoms with Gasteiger partial charge in [0.15, 0.2) is 5.78 Å². The molecule has 0 spiro atoms. The average molecular weight is 357 g/mol. The van der Waals surface area contributed by atoms with Gasteiger partial charge in [-0.3, -0.25) is 4.79 Å². The third-order valence-electron chi connectivity index (χ3n) is 3.27. The molecule has 0 aliphatic carbocycles. The van der Waals surface area contributed by atoms with Gasteiger partial charge in [-0.2, -0.15) is 0 Å². The van der Waals surface area contributed by atoms with Crippen LogP contribution in [-0.2, 0) is 0 Å². The second-order valence-electron chi connectivity index (χ2n) is 4.70. The number of hydrogen-bond donors (Lipinski definition) is 0. The molecule has 1 nitrogen and oxygen atoms in total. The molecular formula is C18H13BrOS. The fourth-order valence-corrected chi connectivity index (χ4v) is 3.50. The Morgan fingerprint density at radius 1 is 0.905 bits per heavy atom. The van der Waals surface area contributed by atoms with Crippen molar-refractivity contribution in [2.24, 2.45) is 0 Å². The van der Waals surface area contributed by atoms with Crippen molar-refractivity contribution < 1.29 is 4.79 Å². The minimum absolute atomic E-state index is 0.139. The summed E-state index contributed by atoms with van der Waals surface area (Å²) in [6.07, 6.45) is 0. The van der Waals surface area contributed by atoms with Gasteiger partial charge in [0.2, 0.25) is 0 Å². The zero-order valence-electron chi connectivity index (χ0n) is 11.3. The van der Waals surface area contributed by atoms with E-state index >= 15 is 0 Å². The predicted molar refractivity (Wildman–Crippen MR) is 93.1 cm³/mol. The van der Waals surface area contributed by atoms with E-state index in [0.29, 0.717) is 5.75 Å². The van der Waals surface area contributed by atoms with Crippen molar-refractivity contribution in [1.29, 1.82) is 0 Å². The van der Waals surface area contributed by atoms with Crippen LogP contribution in [0.1, 0.15) is 10.4 Å². The first-order chi connectivity index (χ1) is 10.2. The van der Waals surface area contributed by atoms with E-state index < -0.39 is 0 Å². The van der Waals surface area contributed by atoms with E-state index in [1.165, 1.54) is 10.8 Å². The number of carbonyl (C=O) groups is 1. The molecule has 0 aromatic heterocycles. The summed E-state index contributed by atoms with van der Waals surface area (Å²) in [4.78, 5) is 13.4. The largest absolute Gasteiger partial charge is 0.293 e. The lowest BCUT2D eigenvalue weighted by atomic mass is 10.1. The predicted octanol–water partition coefficient (Wildman–Crippen LogP) is 5.58. The van der Waals surface area contributed by atoms with Gasteiger partial charge in [-0.1, -0.05) is 64.5 Å². The molecular weight excluding hydrogens is 344 g/mol. The van der Waals surface area contributed by atoms with Crippen LogP contribution in [0.5, 0.6) is 0 Å². The number of rotatable bonds is 4. The molecule has 0 saturated heterocycles. The van der Waals surface area contributed by atoms with Crippen molar-refractivity contribution in [2.45, 2.75) is 4.90 Å². The molecule has 3 heteroatoms. The number of hydrogen-bond acceptors (Lipinski definition) is 2. The summed E-state index contributed by atoms with van der Waals surface area (Å²) in [5.41, 5.74) is 0.741. The van der Waals surface area contributed by atoms with Crippen molar-refractivity contribution in [1.82, 2.24) is 0 Å². The molecule has 3 rings (SSSR count). The fourth-order valence-electron chi connectivity index (χ4n) is 2.17. The number of thioether (sulfide) groups is 1. The average Bonchev–Trinajstić information content (AvgIpc) is 2.53. The fraction of sp³-hybridized carbons (Fsp3) is 0.0556. The van der Waals surface area contributed by atoms with E-state index in [-0.39, 0.29) is 5.78 Å². The molecule has 3 aromatic carbocycles. The van der Waals surface area contributed by atoms with Crippen LogP contribution in [0.3, 0.4) is 0 Å². The van der Waals surface area contributed by atoms with Crippen molar-refractivity contribution in [3.05, 3.63) is 76.8 Å². The van der Waals surface area contributed by atoms with Crippen LogP contribution in [0, 0.1) is 0 Å². The molecule has 21 heavy (non-hydrogen) atoms. The molecule has 0 amide bonds. The number of halogens is 1. The highest BCUT2D eigenvalue weighted by Gasteiger charge is 2.09. The van der Waals surface area contributed by atoms with Crippen LogP contribution >= 0.6 is 27.7 Å². The normalized spacial score (nSPS) is 10.7. The number of Topliss-reactive ketones (excluding diaryl/α,β-unsaturated/α-hetero) is 1. The zero-order chi connectivity index (χ0) is 14.7. The molecule has 0 bridgehead atoms. The number of fused-ring (bicyclic) bond motifs is 1. The van der Waals surface area contributed by atoms with Crippen LogP contribution in [0.2, 0.25) is 0 Å². The highest BCUT2D eigenvalue weighted by atomic mass is 79.9. The Labute approximate surface area is 136 Å². The molecule has 0 heterocycles. The van der Waals surface area contributed by atoms with Gasteiger partial charge in [0.25, 0.3) is 0 Å². The number of benzene rings is 3. The highest BCUT2D eigenvalue weighted by molar-refractivity contribution is 9.10. The maximum absolute atomic E-state index is 12.3. The van der Waals surface area contributed by atoms with Gasteiger partial charge in [-0.25, -0.2) is 0 Å². The molecule has 0 fully saturated rings. The number of carbonyl (C=O) groups excluding carboxylic acids is 1. The molecule has 0 saturated carbocycles. The van der Waals surface area contributed by atoms with Crippen LogP contribution in [0.25, 0.3) is 10.8 Å². The summed E-state index contributed by atoms with van der Waals surface area (Å²) in [5.74, 6) is 0.585. The highest BCUT2D eigenvalue weighted by Crippen LogP contribution is 2.25. The smallest absolute Gasteiger partial charge is 0.174 e. The SMILES string of the molecule is O=C(CSc1ccc2ccccc2c1)c1ccccc1Br. The molecule has 3 aromatic rings. The Morgan fingerprint density at radius 2 is 1.62 bits per heavy atom. The molecule has 0 radical (unpaired) electrons. The molecule has 0 unspecified atom stereocenters. The van der Waals surface area contributed by atoms with Gasteiger partial charge in [-0.05, 0) is 29.0 Å². The van der Waals surface area contributed by atoms with Gasteiger partial charge >= 0.3 is 0 Å². The summed E-state index contributed by atoms with van der Waals surface area (Å²) < 4.78 is 0.856. The van der Waals surface area contributed by atoms with Gasteiger partial charge < -0.3 is 0 Å². The monoisotopic (exact) mass is 356 g/mol. The van der Waals surface area contributed by atoms with Gasteiger partial charge in [-0.15, -0.1) is 11.8 Å². The lowest BCUT2D eigenvalue weighted by Gasteiger charge is -2.05. The summed E-state index contributed by atoms with van der Waals surface area (Å²) in [7, 11) is 0.